The highest BCUT2D eigenvalue weighted by Crippen LogP contribution is 2.20. The Morgan fingerprint density at radius 2 is 1.27 bits per heavy atom. The minimum Gasteiger partial charge on any atom is -0.508 e. The smallest absolute Gasteiger partial charge is 0.338 e. The first-order valence-electron chi connectivity index (χ1n) is 28.0. The Balaban J connectivity index is -0.0000000893. The van der Waals surface area contributed by atoms with Gasteiger partial charge in [-0.3, -0.25) is 25.7 Å². The fourth-order valence-electron chi connectivity index (χ4n) is 5.02. The number of esters is 1. The van der Waals surface area contributed by atoms with Gasteiger partial charge in [0.15, 0.2) is 6.34 Å². The monoisotopic (exact) mass is 1080 g/mol. The summed E-state index contributed by atoms with van der Waals surface area (Å²) in [4.78, 5) is 21.7. The van der Waals surface area contributed by atoms with Crippen LogP contribution in [0.1, 0.15) is 200 Å². The fourth-order valence-corrected chi connectivity index (χ4v) is 5.43. The predicted octanol–water partition coefficient (Wildman–Crippen LogP) is 13.6. The molecule has 2 aliphatic rings. The number of hydrogen-bond acceptors (Lipinski definition) is 8. The Labute approximate surface area is 468 Å². The first-order valence-corrected chi connectivity index (χ1v) is 30.8. The van der Waals surface area contributed by atoms with E-state index in [1.165, 1.54) is 118 Å². The molecule has 0 aliphatic carbocycles. The molecular formula is C60H135N8O3S2+3. The lowest BCUT2D eigenvalue weighted by atomic mass is 10.2. The number of likely N-dealkylation sites (tertiary alicyclic amines) is 1. The van der Waals surface area contributed by atoms with E-state index in [0.29, 0.717) is 18.1 Å². The normalized spacial score (nSPS) is 13.4. The maximum atomic E-state index is 10.2. The molecule has 1 saturated heterocycles. The number of phenolic OH excluding ortho intramolecular Hbond substituents is 1. The van der Waals surface area contributed by atoms with Crippen molar-refractivity contribution in [2.75, 3.05) is 114 Å². The number of aliphatic imine (C=N–C) groups is 1. The molecule has 2 aliphatic heterocycles. The van der Waals surface area contributed by atoms with Crippen LogP contribution in [0.5, 0.6) is 5.75 Å². The zero-order valence-corrected chi connectivity index (χ0v) is 54.6. The van der Waals surface area contributed by atoms with E-state index in [2.05, 4.69) is 176 Å². The van der Waals surface area contributed by atoms with E-state index >= 15 is 0 Å². The van der Waals surface area contributed by atoms with Crippen molar-refractivity contribution >= 4 is 41.8 Å². The number of phenols is 1. The Kier molecular flexibility index (Phi) is 86.2. The third kappa shape index (κ3) is 89.6. The number of benzene rings is 1. The number of allylic oxidation sites excluding steroid dienone is 1. The van der Waals surface area contributed by atoms with Gasteiger partial charge in [0.2, 0.25) is 0 Å². The molecule has 0 spiro atoms. The van der Waals surface area contributed by atoms with Crippen molar-refractivity contribution < 1.29 is 28.6 Å². The van der Waals surface area contributed by atoms with E-state index in [4.69, 9.17) is 16.6 Å². The van der Waals surface area contributed by atoms with Crippen molar-refractivity contribution in [1.29, 1.82) is 0 Å². The average Bonchev–Trinajstić information content (AvgIpc) is 3.87. The highest BCUT2D eigenvalue weighted by atomic mass is 32.2. The molecule has 0 amide bonds. The number of aryl methyl sites for hydroxylation is 1. The third-order valence-corrected chi connectivity index (χ3v) is 11.9. The number of aromatic hydroxyl groups is 1. The van der Waals surface area contributed by atoms with Crippen LogP contribution in [0.2, 0.25) is 0 Å². The number of rotatable bonds is 18. The van der Waals surface area contributed by atoms with Gasteiger partial charge in [-0.15, -0.1) is 0 Å². The molecule has 1 atom stereocenters. The van der Waals surface area contributed by atoms with Crippen molar-refractivity contribution in [2.24, 2.45) is 22.4 Å². The Morgan fingerprint density at radius 3 is 1.48 bits per heavy atom. The van der Waals surface area contributed by atoms with Gasteiger partial charge in [-0.05, 0) is 141 Å². The number of methoxy groups -OCH3 is 1. The number of nitrogens with one attached hydrogen (secondary N) is 1. The summed E-state index contributed by atoms with van der Waals surface area (Å²) < 4.78 is 6.38. The van der Waals surface area contributed by atoms with E-state index in [-0.39, 0.29) is 13.4 Å². The molecule has 6 N–H and O–H groups in total. The number of nitrogens with two attached hydrogens (primary N) is 2. The third-order valence-electron chi connectivity index (χ3n) is 10.5. The van der Waals surface area contributed by atoms with Crippen molar-refractivity contribution in [3.8, 4) is 5.75 Å². The minimum atomic E-state index is -0.123. The Bertz CT molecular complexity index is 1270. The number of thioether (sulfide) groups is 2. The van der Waals surface area contributed by atoms with Gasteiger partial charge in [0.1, 0.15) is 11.9 Å². The van der Waals surface area contributed by atoms with Crippen molar-refractivity contribution in [3.05, 3.63) is 41.7 Å². The molecule has 2 heterocycles. The summed E-state index contributed by atoms with van der Waals surface area (Å²) in [5.74, 6) is 3.96. The first kappa shape index (κ1) is 90.2. The van der Waals surface area contributed by atoms with Crippen molar-refractivity contribution in [3.63, 3.8) is 0 Å². The van der Waals surface area contributed by atoms with Gasteiger partial charge < -0.3 is 24.1 Å². The molecule has 0 aromatic heterocycles. The van der Waals surface area contributed by atoms with Crippen LogP contribution in [-0.2, 0) is 16.0 Å². The highest BCUT2D eigenvalue weighted by molar-refractivity contribution is 7.98. The van der Waals surface area contributed by atoms with Crippen LogP contribution in [0.15, 0.2) is 41.2 Å². The largest absolute Gasteiger partial charge is 0.508 e. The van der Waals surface area contributed by atoms with Crippen LogP contribution >= 0.6 is 23.5 Å². The molecule has 0 saturated carbocycles. The molecule has 0 radical (unpaired) electrons. The summed E-state index contributed by atoms with van der Waals surface area (Å²) >= 11 is 3.76. The van der Waals surface area contributed by atoms with Crippen LogP contribution in [-0.4, -0.2) is 162 Å². The predicted molar refractivity (Wildman–Crippen MR) is 341 cm³/mol. The molecular weight excluding hydrogens is 945 g/mol. The van der Waals surface area contributed by atoms with E-state index in [9.17, 15) is 4.79 Å². The SMILES string of the molecule is C.CC.CC1CCC[N+]1(C)C.CCC(C)C.CCC1=C[N+](C)(C)C=N1.CCCC(=O)OC.CCCCCN(C)C.CCCCN(C)C.CCCC[NH+]=C(N)N.CCCSC.CCSC.CCc1ccc(O)cc1. The lowest BCUT2D eigenvalue weighted by Gasteiger charge is -2.28. The van der Waals surface area contributed by atoms with Crippen LogP contribution in [0.3, 0.4) is 0 Å². The van der Waals surface area contributed by atoms with Crippen LogP contribution in [0.25, 0.3) is 0 Å². The van der Waals surface area contributed by atoms with Gasteiger partial charge in [-0.1, -0.05) is 142 Å². The van der Waals surface area contributed by atoms with E-state index in [1.807, 2.05) is 62.8 Å². The molecule has 0 bridgehead atoms. The summed E-state index contributed by atoms with van der Waals surface area (Å²) in [6.07, 6.45) is 26.2. The lowest BCUT2D eigenvalue weighted by molar-refractivity contribution is -0.900. The summed E-state index contributed by atoms with van der Waals surface area (Å²) in [5.41, 5.74) is 12.7. The second kappa shape index (κ2) is 69.7. The number of nitrogens with zero attached hydrogens (tertiary/aromatic N) is 5. The first-order chi connectivity index (χ1) is 33.8. The quantitative estimate of drug-likeness (QED) is 0.0373. The van der Waals surface area contributed by atoms with Crippen LogP contribution in [0, 0.1) is 5.92 Å². The number of unbranched alkanes of at least 4 members (excludes halogenated alkanes) is 4. The second-order valence-electron chi connectivity index (χ2n) is 19.5. The number of carbonyl (C=O) groups excluding carboxylic acids is 1. The lowest BCUT2D eigenvalue weighted by Crippen LogP contribution is -2.78. The van der Waals surface area contributed by atoms with Gasteiger partial charge in [-0.25, -0.2) is 4.99 Å². The molecule has 13 heteroatoms. The Hall–Kier alpha value is -2.29. The maximum Gasteiger partial charge on any atom is 0.338 e. The van der Waals surface area contributed by atoms with E-state index in [0.717, 1.165) is 48.7 Å². The number of carbonyl (C=O) groups is 1. The zero-order valence-electron chi connectivity index (χ0n) is 52.9. The highest BCUT2D eigenvalue weighted by Gasteiger charge is 2.29. The Morgan fingerprint density at radius 1 is 0.795 bits per heavy atom. The molecule has 73 heavy (non-hydrogen) atoms. The maximum absolute atomic E-state index is 10.2. The molecule has 11 nitrogen and oxygen atoms in total. The van der Waals surface area contributed by atoms with Crippen LogP contribution < -0.4 is 16.5 Å². The van der Waals surface area contributed by atoms with Gasteiger partial charge in [0.25, 0.3) is 0 Å². The van der Waals surface area contributed by atoms with Gasteiger partial charge in [-0.2, -0.15) is 23.5 Å². The summed E-state index contributed by atoms with van der Waals surface area (Å²) in [5, 5.41) is 8.85. The summed E-state index contributed by atoms with van der Waals surface area (Å²) in [6, 6.07) is 8.16. The van der Waals surface area contributed by atoms with E-state index in [1.54, 1.807) is 12.1 Å². The number of ether oxygens (including phenoxy) is 1. The topological polar surface area (TPSA) is 131 Å². The molecule has 1 fully saturated rings. The van der Waals surface area contributed by atoms with Crippen molar-refractivity contribution in [2.45, 2.75) is 207 Å². The summed E-state index contributed by atoms with van der Waals surface area (Å²) in [7, 11) is 18.7. The van der Waals surface area contributed by atoms with E-state index < -0.39 is 0 Å². The van der Waals surface area contributed by atoms with Crippen molar-refractivity contribution in [1.82, 2.24) is 9.80 Å². The number of guanidine groups is 1. The fraction of sp³-hybridized carbons (Fsp3) is 0.817. The van der Waals surface area contributed by atoms with Gasteiger partial charge in [0.05, 0.1) is 60.1 Å². The second-order valence-corrected chi connectivity index (χ2v) is 21.6. The zero-order chi connectivity index (χ0) is 57.8. The van der Waals surface area contributed by atoms with Gasteiger partial charge >= 0.3 is 11.9 Å². The average molecular weight is 1080 g/mol. The summed E-state index contributed by atoms with van der Waals surface area (Å²) in [6.45, 7) is 34.8. The molecule has 3 rings (SSSR count). The van der Waals surface area contributed by atoms with Crippen LogP contribution in [0.4, 0.5) is 0 Å². The molecule has 1 aromatic carbocycles. The minimum absolute atomic E-state index is 0. The molecule has 1 aromatic rings. The van der Waals surface area contributed by atoms with Gasteiger partial charge in [0, 0.05) is 19.3 Å². The molecule has 442 valence electrons. The number of hydrogen-bond donors (Lipinski definition) is 4. The number of quaternary nitrogens is 2. The molecule has 1 unspecified atom stereocenters. The standard InChI is InChI=1S/C8H10O.C7H13N2.C7H16N.C7H17N.C6H15N.C5H13N3.C5H10O2.C5H12.C4H10S.C3H8S.C2H6.CH4/c1-2-7-3-5-8(9)6-4-7;1-4-7-5-9(2,3)6-8-7;1-7-5-4-6-8(7,2)3;1-4-5-6-7-8(2)3;1-4-5-6-7(2)3;1-2-3-4-8-5(6)7;1-3-4-5(6)7-2;1-4-5(2)3;1-3-4-5-2;1-3-4-2;1-2;/h3-6,9H,2H2,1H3;5-6H,4H2,1-3H3;7H,4-6H2,1-3H3;4-7H2,1-3H3;4-6H2,1-3H3;2-4H2,1H3,(H4,6,7,8);3-4H2,1-2H3;5H,4H2,1-3H3;3-4H2,1-2H3;3H2,1-2H3;1-2H3;1H4/q;2*+1;;;;;;;;;/p+1.